The molecule has 1 N–H and O–H groups in total. The number of aryl methyl sites for hydroxylation is 1. The van der Waals surface area contributed by atoms with Crippen molar-refractivity contribution in [1.29, 1.82) is 0 Å². The maximum absolute atomic E-state index is 12.2. The fraction of sp³-hybridized carbons (Fsp3) is 0.250. The van der Waals surface area contributed by atoms with Gasteiger partial charge in [0.05, 0.1) is 5.69 Å². The zero-order valence-electron chi connectivity index (χ0n) is 11.8. The van der Waals surface area contributed by atoms with Crippen LogP contribution in [0, 0.1) is 6.92 Å². The molecular weight excluding hydrogens is 272 g/mol. The van der Waals surface area contributed by atoms with Crippen LogP contribution in [0.1, 0.15) is 41.3 Å². The van der Waals surface area contributed by atoms with Gasteiger partial charge < -0.3 is 5.32 Å². The van der Waals surface area contributed by atoms with Crippen LogP contribution in [-0.4, -0.2) is 10.9 Å². The molecule has 1 amide bonds. The molecule has 0 aliphatic carbocycles. The van der Waals surface area contributed by atoms with Crippen molar-refractivity contribution in [2.75, 3.05) is 5.32 Å². The lowest BCUT2D eigenvalue weighted by atomic mass is 10.0. The maximum Gasteiger partial charge on any atom is 0.255 e. The maximum atomic E-state index is 12.2. The molecule has 0 atom stereocenters. The van der Waals surface area contributed by atoms with Gasteiger partial charge >= 0.3 is 0 Å². The normalized spacial score (nSPS) is 10.7. The quantitative estimate of drug-likeness (QED) is 0.850. The highest BCUT2D eigenvalue weighted by Gasteiger charge is 2.11. The molecule has 0 spiro atoms. The van der Waals surface area contributed by atoms with E-state index in [1.54, 1.807) is 6.20 Å². The summed E-state index contributed by atoms with van der Waals surface area (Å²) in [4.78, 5) is 16.2. The van der Waals surface area contributed by atoms with Gasteiger partial charge in [0, 0.05) is 11.8 Å². The molecule has 2 aromatic rings. The highest BCUT2D eigenvalue weighted by molar-refractivity contribution is 6.32. The van der Waals surface area contributed by atoms with E-state index in [1.807, 2.05) is 37.3 Å². The van der Waals surface area contributed by atoms with Crippen LogP contribution in [0.15, 0.2) is 36.5 Å². The number of pyridine rings is 1. The van der Waals surface area contributed by atoms with Crippen molar-refractivity contribution in [2.24, 2.45) is 0 Å². The SMILES string of the molecule is Cc1ccnc(Cl)c1NC(=O)c1ccc(C(C)C)cc1. The number of halogens is 1. The second kappa shape index (κ2) is 6.06. The van der Waals surface area contributed by atoms with Crippen molar-refractivity contribution >= 4 is 23.2 Å². The third-order valence-electron chi connectivity index (χ3n) is 3.19. The summed E-state index contributed by atoms with van der Waals surface area (Å²) >= 11 is 6.00. The second-order valence-corrected chi connectivity index (χ2v) is 5.38. The number of nitrogens with one attached hydrogen (secondary N) is 1. The van der Waals surface area contributed by atoms with E-state index < -0.39 is 0 Å². The minimum absolute atomic E-state index is 0.182. The van der Waals surface area contributed by atoms with Crippen LogP contribution in [0.5, 0.6) is 0 Å². The first-order valence-electron chi connectivity index (χ1n) is 6.51. The van der Waals surface area contributed by atoms with Gasteiger partial charge in [0.15, 0.2) is 5.15 Å². The van der Waals surface area contributed by atoms with Gasteiger partial charge in [0.2, 0.25) is 0 Å². The monoisotopic (exact) mass is 288 g/mol. The van der Waals surface area contributed by atoms with Crippen molar-refractivity contribution < 1.29 is 4.79 Å². The van der Waals surface area contributed by atoms with Gasteiger partial charge in [-0.25, -0.2) is 4.98 Å². The van der Waals surface area contributed by atoms with Gasteiger partial charge in [-0.1, -0.05) is 37.6 Å². The number of carbonyl (C=O) groups is 1. The lowest BCUT2D eigenvalue weighted by Crippen LogP contribution is -2.13. The standard InChI is InChI=1S/C16H17ClN2O/c1-10(2)12-4-6-13(7-5-12)16(20)19-14-11(3)8-9-18-15(14)17/h4-10H,1-3H3,(H,19,20). The fourth-order valence-corrected chi connectivity index (χ4v) is 2.13. The van der Waals surface area contributed by atoms with Crippen LogP contribution >= 0.6 is 11.6 Å². The number of hydrogen-bond acceptors (Lipinski definition) is 2. The van der Waals surface area contributed by atoms with Gasteiger partial charge in [-0.05, 0) is 42.2 Å². The van der Waals surface area contributed by atoms with E-state index in [0.717, 1.165) is 5.56 Å². The highest BCUT2D eigenvalue weighted by Crippen LogP contribution is 2.23. The van der Waals surface area contributed by atoms with Gasteiger partial charge in [0.1, 0.15) is 0 Å². The predicted molar refractivity (Wildman–Crippen MR) is 82.5 cm³/mol. The molecule has 4 heteroatoms. The highest BCUT2D eigenvalue weighted by atomic mass is 35.5. The van der Waals surface area contributed by atoms with E-state index in [0.29, 0.717) is 22.3 Å². The van der Waals surface area contributed by atoms with Crippen molar-refractivity contribution in [3.8, 4) is 0 Å². The van der Waals surface area contributed by atoms with E-state index in [2.05, 4.69) is 24.1 Å². The molecule has 2 rings (SSSR count). The first kappa shape index (κ1) is 14.5. The van der Waals surface area contributed by atoms with Crippen molar-refractivity contribution in [2.45, 2.75) is 26.7 Å². The van der Waals surface area contributed by atoms with Crippen LogP contribution in [0.4, 0.5) is 5.69 Å². The van der Waals surface area contributed by atoms with Crippen LogP contribution in [0.25, 0.3) is 0 Å². The number of anilines is 1. The first-order valence-corrected chi connectivity index (χ1v) is 6.89. The molecule has 0 aliphatic rings. The molecule has 0 fully saturated rings. The molecule has 104 valence electrons. The molecule has 0 bridgehead atoms. The molecule has 1 aromatic heterocycles. The topological polar surface area (TPSA) is 42.0 Å². The van der Waals surface area contributed by atoms with Crippen LogP contribution in [-0.2, 0) is 0 Å². The van der Waals surface area contributed by atoms with E-state index in [4.69, 9.17) is 11.6 Å². The Balaban J connectivity index is 2.20. The molecule has 20 heavy (non-hydrogen) atoms. The number of nitrogens with zero attached hydrogens (tertiary/aromatic N) is 1. The van der Waals surface area contributed by atoms with Crippen molar-refractivity contribution in [3.05, 3.63) is 58.4 Å². The minimum atomic E-state index is -0.182. The minimum Gasteiger partial charge on any atom is -0.319 e. The summed E-state index contributed by atoms with van der Waals surface area (Å²) in [6.45, 7) is 6.12. The summed E-state index contributed by atoms with van der Waals surface area (Å²) in [6.07, 6.45) is 1.62. The summed E-state index contributed by atoms with van der Waals surface area (Å²) in [7, 11) is 0. The number of aromatic nitrogens is 1. The molecule has 0 aliphatic heterocycles. The smallest absolute Gasteiger partial charge is 0.255 e. The molecular formula is C16H17ClN2O. The lowest BCUT2D eigenvalue weighted by Gasteiger charge is -2.10. The Labute approximate surface area is 124 Å². The molecule has 0 saturated carbocycles. The molecule has 0 saturated heterocycles. The summed E-state index contributed by atoms with van der Waals surface area (Å²) in [5.41, 5.74) is 3.26. The second-order valence-electron chi connectivity index (χ2n) is 5.02. The Morgan fingerprint density at radius 2 is 1.85 bits per heavy atom. The molecule has 1 aromatic carbocycles. The number of amides is 1. The Bertz CT molecular complexity index is 601. The summed E-state index contributed by atoms with van der Waals surface area (Å²) in [5.74, 6) is 0.264. The van der Waals surface area contributed by atoms with Gasteiger partial charge in [-0.3, -0.25) is 4.79 Å². The Hall–Kier alpha value is -1.87. The van der Waals surface area contributed by atoms with Crippen LogP contribution < -0.4 is 5.32 Å². The number of carbonyl (C=O) groups excluding carboxylic acids is 1. The largest absolute Gasteiger partial charge is 0.319 e. The average Bonchev–Trinajstić information content (AvgIpc) is 2.43. The molecule has 0 unspecified atom stereocenters. The summed E-state index contributed by atoms with van der Waals surface area (Å²) < 4.78 is 0. The molecule has 0 radical (unpaired) electrons. The van der Waals surface area contributed by atoms with Crippen LogP contribution in [0.3, 0.4) is 0 Å². The van der Waals surface area contributed by atoms with Crippen molar-refractivity contribution in [1.82, 2.24) is 4.98 Å². The molecule has 3 nitrogen and oxygen atoms in total. The number of hydrogen-bond donors (Lipinski definition) is 1. The fourth-order valence-electron chi connectivity index (χ4n) is 1.88. The Morgan fingerprint density at radius 1 is 1.20 bits per heavy atom. The molecule has 1 heterocycles. The van der Waals surface area contributed by atoms with Gasteiger partial charge in [-0.15, -0.1) is 0 Å². The van der Waals surface area contributed by atoms with Gasteiger partial charge in [0.25, 0.3) is 5.91 Å². The van der Waals surface area contributed by atoms with E-state index in [9.17, 15) is 4.79 Å². The first-order chi connectivity index (χ1) is 9.49. The van der Waals surface area contributed by atoms with Crippen molar-refractivity contribution in [3.63, 3.8) is 0 Å². The predicted octanol–water partition coefficient (Wildman–Crippen LogP) is 4.42. The summed E-state index contributed by atoms with van der Waals surface area (Å²) in [5, 5.41) is 3.11. The third kappa shape index (κ3) is 3.17. The zero-order chi connectivity index (χ0) is 14.7. The average molecular weight is 289 g/mol. The summed E-state index contributed by atoms with van der Waals surface area (Å²) in [6, 6.07) is 9.40. The zero-order valence-corrected chi connectivity index (χ0v) is 12.5. The third-order valence-corrected chi connectivity index (χ3v) is 3.48. The van der Waals surface area contributed by atoms with E-state index in [1.165, 1.54) is 5.56 Å². The van der Waals surface area contributed by atoms with E-state index in [-0.39, 0.29) is 5.91 Å². The Morgan fingerprint density at radius 3 is 2.40 bits per heavy atom. The Kier molecular flexibility index (Phi) is 4.40. The van der Waals surface area contributed by atoms with Gasteiger partial charge in [-0.2, -0.15) is 0 Å². The van der Waals surface area contributed by atoms with Crippen LogP contribution in [0.2, 0.25) is 5.15 Å². The number of benzene rings is 1. The van der Waals surface area contributed by atoms with E-state index >= 15 is 0 Å². The number of rotatable bonds is 3. The lowest BCUT2D eigenvalue weighted by molar-refractivity contribution is 0.102.